The van der Waals surface area contributed by atoms with Crippen molar-refractivity contribution < 1.29 is 14.4 Å². The molecule has 0 aromatic rings. The van der Waals surface area contributed by atoms with Gasteiger partial charge in [0.05, 0.1) is 11.5 Å². The SMILES string of the molecule is CC(C=O)CN1C(=O)CSCC1=O. The Morgan fingerprint density at radius 1 is 1.46 bits per heavy atom. The molecule has 0 N–H and O–H groups in total. The molecule has 2 amide bonds. The number of hydrogen-bond acceptors (Lipinski definition) is 4. The molecule has 0 bridgehead atoms. The zero-order valence-electron chi connectivity index (χ0n) is 7.36. The van der Waals surface area contributed by atoms with Gasteiger partial charge in [0.1, 0.15) is 6.29 Å². The van der Waals surface area contributed by atoms with Crippen molar-refractivity contribution in [2.75, 3.05) is 18.1 Å². The summed E-state index contributed by atoms with van der Waals surface area (Å²) in [5, 5.41) is 0. The number of thioether (sulfide) groups is 1. The van der Waals surface area contributed by atoms with Gasteiger partial charge in [0, 0.05) is 12.5 Å². The van der Waals surface area contributed by atoms with Gasteiger partial charge in [0.25, 0.3) is 0 Å². The van der Waals surface area contributed by atoms with Gasteiger partial charge in [-0.25, -0.2) is 0 Å². The number of hydrogen-bond donors (Lipinski definition) is 0. The minimum atomic E-state index is -0.268. The summed E-state index contributed by atoms with van der Waals surface area (Å²) in [5.41, 5.74) is 0. The lowest BCUT2D eigenvalue weighted by molar-refractivity contribution is -0.142. The first-order valence-electron chi connectivity index (χ1n) is 4.01. The van der Waals surface area contributed by atoms with Crippen LogP contribution in [0.25, 0.3) is 0 Å². The summed E-state index contributed by atoms with van der Waals surface area (Å²) in [4.78, 5) is 34.0. The van der Waals surface area contributed by atoms with E-state index in [-0.39, 0.29) is 24.3 Å². The molecule has 0 radical (unpaired) electrons. The second kappa shape index (κ2) is 4.41. The van der Waals surface area contributed by atoms with Crippen molar-refractivity contribution in [3.63, 3.8) is 0 Å². The first-order chi connectivity index (χ1) is 6.15. The fourth-order valence-electron chi connectivity index (χ4n) is 1.06. The summed E-state index contributed by atoms with van der Waals surface area (Å²) in [6.07, 6.45) is 0.752. The molecule has 5 heteroatoms. The van der Waals surface area contributed by atoms with Gasteiger partial charge in [-0.3, -0.25) is 14.5 Å². The van der Waals surface area contributed by atoms with E-state index in [4.69, 9.17) is 0 Å². The summed E-state index contributed by atoms with van der Waals surface area (Å²) in [6.45, 7) is 1.91. The first kappa shape index (κ1) is 10.2. The Bertz CT molecular complexity index is 226. The van der Waals surface area contributed by atoms with E-state index < -0.39 is 0 Å². The highest BCUT2D eigenvalue weighted by atomic mass is 32.2. The monoisotopic (exact) mass is 201 g/mol. The molecule has 1 unspecified atom stereocenters. The molecule has 0 aromatic carbocycles. The number of carbonyl (C=O) groups is 3. The van der Waals surface area contributed by atoms with Crippen molar-refractivity contribution in [3.8, 4) is 0 Å². The van der Waals surface area contributed by atoms with E-state index in [2.05, 4.69) is 0 Å². The number of nitrogens with zero attached hydrogens (tertiary/aromatic N) is 1. The lowest BCUT2D eigenvalue weighted by Crippen LogP contribution is -2.45. The van der Waals surface area contributed by atoms with Gasteiger partial charge in [0.2, 0.25) is 11.8 Å². The average Bonchev–Trinajstić information content (AvgIpc) is 2.11. The summed E-state index contributed by atoms with van der Waals surface area (Å²) in [6, 6.07) is 0. The molecule has 1 saturated heterocycles. The molecule has 1 rings (SSSR count). The molecule has 13 heavy (non-hydrogen) atoms. The van der Waals surface area contributed by atoms with Crippen LogP contribution in [0, 0.1) is 5.92 Å². The molecule has 4 nitrogen and oxygen atoms in total. The fraction of sp³-hybridized carbons (Fsp3) is 0.625. The van der Waals surface area contributed by atoms with Crippen LogP contribution in [0.2, 0.25) is 0 Å². The predicted octanol–water partition coefficient (Wildman–Crippen LogP) is -0.0766. The molecule has 72 valence electrons. The Labute approximate surface area is 80.7 Å². The van der Waals surface area contributed by atoms with Crippen LogP contribution in [0.4, 0.5) is 0 Å². The van der Waals surface area contributed by atoms with Crippen molar-refractivity contribution >= 4 is 29.9 Å². The van der Waals surface area contributed by atoms with Crippen molar-refractivity contribution in [2.24, 2.45) is 5.92 Å². The van der Waals surface area contributed by atoms with E-state index in [1.165, 1.54) is 16.7 Å². The standard InChI is InChI=1S/C8H11NO3S/c1-6(3-10)2-9-7(11)4-13-5-8(9)12/h3,6H,2,4-5H2,1H3. The van der Waals surface area contributed by atoms with E-state index in [0.717, 1.165) is 6.29 Å². The van der Waals surface area contributed by atoms with Crippen LogP contribution in [0.15, 0.2) is 0 Å². The van der Waals surface area contributed by atoms with Gasteiger partial charge in [-0.1, -0.05) is 6.92 Å². The van der Waals surface area contributed by atoms with Gasteiger partial charge >= 0.3 is 0 Å². The smallest absolute Gasteiger partial charge is 0.239 e. The van der Waals surface area contributed by atoms with E-state index in [1.54, 1.807) is 6.92 Å². The maximum atomic E-state index is 11.2. The van der Waals surface area contributed by atoms with Crippen LogP contribution in [-0.2, 0) is 14.4 Å². The van der Waals surface area contributed by atoms with Crippen LogP contribution in [0.3, 0.4) is 0 Å². The first-order valence-corrected chi connectivity index (χ1v) is 5.17. The molecule has 1 fully saturated rings. The van der Waals surface area contributed by atoms with Gasteiger partial charge in [0.15, 0.2) is 0 Å². The zero-order chi connectivity index (χ0) is 9.84. The largest absolute Gasteiger partial charge is 0.303 e. The Hall–Kier alpha value is -0.840. The van der Waals surface area contributed by atoms with E-state index in [1.807, 2.05) is 0 Å². The second-order valence-electron chi connectivity index (χ2n) is 3.00. The third-order valence-corrected chi connectivity index (χ3v) is 2.66. The number of imide groups is 1. The third-order valence-electron chi connectivity index (χ3n) is 1.76. The molecular formula is C8H11NO3S. The topological polar surface area (TPSA) is 54.5 Å². The van der Waals surface area contributed by atoms with Crippen molar-refractivity contribution in [3.05, 3.63) is 0 Å². The van der Waals surface area contributed by atoms with Crippen molar-refractivity contribution in [2.45, 2.75) is 6.92 Å². The van der Waals surface area contributed by atoms with E-state index in [9.17, 15) is 14.4 Å². The molecular weight excluding hydrogens is 190 g/mol. The van der Waals surface area contributed by atoms with Gasteiger partial charge < -0.3 is 4.79 Å². The number of aldehydes is 1. The Balaban J connectivity index is 2.58. The normalized spacial score (nSPS) is 20.2. The van der Waals surface area contributed by atoms with Gasteiger partial charge in [-0.2, -0.15) is 0 Å². The molecule has 0 saturated carbocycles. The van der Waals surface area contributed by atoms with Gasteiger partial charge in [-0.15, -0.1) is 11.8 Å². The number of carbonyl (C=O) groups excluding carboxylic acids is 3. The van der Waals surface area contributed by atoms with Crippen molar-refractivity contribution in [1.29, 1.82) is 0 Å². The quantitative estimate of drug-likeness (QED) is 0.473. The minimum Gasteiger partial charge on any atom is -0.303 e. The zero-order valence-corrected chi connectivity index (χ0v) is 8.17. The second-order valence-corrected chi connectivity index (χ2v) is 3.99. The molecule has 1 heterocycles. The molecule has 0 spiro atoms. The Morgan fingerprint density at radius 3 is 2.46 bits per heavy atom. The average molecular weight is 201 g/mol. The number of rotatable bonds is 3. The lowest BCUT2D eigenvalue weighted by Gasteiger charge is -2.25. The van der Waals surface area contributed by atoms with Gasteiger partial charge in [-0.05, 0) is 0 Å². The lowest BCUT2D eigenvalue weighted by atomic mass is 10.2. The summed E-state index contributed by atoms with van der Waals surface area (Å²) in [7, 11) is 0. The maximum absolute atomic E-state index is 11.2. The third kappa shape index (κ3) is 2.55. The van der Waals surface area contributed by atoms with Crippen LogP contribution >= 0.6 is 11.8 Å². The molecule has 0 aromatic heterocycles. The van der Waals surface area contributed by atoms with Crippen LogP contribution in [0.1, 0.15) is 6.92 Å². The van der Waals surface area contributed by atoms with Crippen molar-refractivity contribution in [1.82, 2.24) is 4.90 Å². The molecule has 1 atom stereocenters. The van der Waals surface area contributed by atoms with E-state index >= 15 is 0 Å². The summed E-state index contributed by atoms with van der Waals surface area (Å²) >= 11 is 1.32. The van der Waals surface area contributed by atoms with E-state index in [0.29, 0.717) is 11.5 Å². The van der Waals surface area contributed by atoms with Crippen LogP contribution < -0.4 is 0 Å². The highest BCUT2D eigenvalue weighted by molar-refractivity contribution is 8.00. The minimum absolute atomic E-state index is 0.185. The molecule has 0 aliphatic carbocycles. The Kier molecular flexibility index (Phi) is 3.48. The summed E-state index contributed by atoms with van der Waals surface area (Å²) in [5.74, 6) is 0.0511. The molecule has 1 aliphatic rings. The highest BCUT2D eigenvalue weighted by Gasteiger charge is 2.27. The predicted molar refractivity (Wildman–Crippen MR) is 49.3 cm³/mol. The van der Waals surface area contributed by atoms with Crippen LogP contribution in [0.5, 0.6) is 0 Å². The summed E-state index contributed by atoms with van der Waals surface area (Å²) < 4.78 is 0. The number of amides is 2. The molecule has 1 aliphatic heterocycles. The Morgan fingerprint density at radius 2 is 2.00 bits per heavy atom. The maximum Gasteiger partial charge on any atom is 0.239 e. The highest BCUT2D eigenvalue weighted by Crippen LogP contribution is 2.13. The van der Waals surface area contributed by atoms with Crippen LogP contribution in [-0.4, -0.2) is 41.1 Å². The fourth-order valence-corrected chi connectivity index (χ4v) is 1.82.